The summed E-state index contributed by atoms with van der Waals surface area (Å²) in [5, 5.41) is 0. The molecule has 0 aromatic carbocycles. The standard InChI is InChI=1S/C9H19N/c1-4-5-6-9-8(2)7-10(9)3/h8-9H,4-7H2,1-3H3. The third-order valence-corrected chi connectivity index (χ3v) is 2.65. The first-order valence-corrected chi connectivity index (χ1v) is 4.46. The fourth-order valence-electron chi connectivity index (χ4n) is 1.93. The third-order valence-electron chi connectivity index (χ3n) is 2.65. The molecule has 1 aliphatic heterocycles. The summed E-state index contributed by atoms with van der Waals surface area (Å²) in [6, 6.07) is 0.903. The Hall–Kier alpha value is -0.0400. The minimum atomic E-state index is 0.903. The zero-order valence-corrected chi connectivity index (χ0v) is 7.43. The van der Waals surface area contributed by atoms with Crippen molar-refractivity contribution >= 4 is 0 Å². The van der Waals surface area contributed by atoms with Gasteiger partial charge in [-0.25, -0.2) is 0 Å². The van der Waals surface area contributed by atoms with Gasteiger partial charge in [0.15, 0.2) is 0 Å². The molecule has 2 unspecified atom stereocenters. The smallest absolute Gasteiger partial charge is 0.0130 e. The third kappa shape index (κ3) is 1.51. The van der Waals surface area contributed by atoms with E-state index >= 15 is 0 Å². The molecule has 1 rings (SSSR count). The molecule has 0 N–H and O–H groups in total. The molecule has 0 radical (unpaired) electrons. The summed E-state index contributed by atoms with van der Waals surface area (Å²) in [7, 11) is 2.24. The predicted molar refractivity (Wildman–Crippen MR) is 45.1 cm³/mol. The van der Waals surface area contributed by atoms with Gasteiger partial charge in [-0.2, -0.15) is 0 Å². The molecule has 0 aromatic heterocycles. The van der Waals surface area contributed by atoms with Gasteiger partial charge in [0.25, 0.3) is 0 Å². The number of rotatable bonds is 3. The minimum absolute atomic E-state index is 0.903. The fraction of sp³-hybridized carbons (Fsp3) is 1.00. The van der Waals surface area contributed by atoms with Crippen LogP contribution < -0.4 is 0 Å². The van der Waals surface area contributed by atoms with Gasteiger partial charge >= 0.3 is 0 Å². The van der Waals surface area contributed by atoms with E-state index in [1.165, 1.54) is 25.8 Å². The number of hydrogen-bond donors (Lipinski definition) is 0. The first-order valence-electron chi connectivity index (χ1n) is 4.46. The number of nitrogens with zero attached hydrogens (tertiary/aromatic N) is 1. The lowest BCUT2D eigenvalue weighted by Gasteiger charge is -2.44. The van der Waals surface area contributed by atoms with Gasteiger partial charge in [-0.15, -0.1) is 0 Å². The molecule has 1 fully saturated rings. The van der Waals surface area contributed by atoms with E-state index in [0.29, 0.717) is 0 Å². The van der Waals surface area contributed by atoms with Crippen molar-refractivity contribution in [3.63, 3.8) is 0 Å². The molecule has 2 atom stereocenters. The van der Waals surface area contributed by atoms with Crippen molar-refractivity contribution in [3.05, 3.63) is 0 Å². The zero-order valence-electron chi connectivity index (χ0n) is 7.43. The number of unbranched alkanes of at least 4 members (excludes halogenated alkanes) is 1. The Kier molecular flexibility index (Phi) is 2.72. The molecule has 1 aliphatic rings. The van der Waals surface area contributed by atoms with Crippen LogP contribution in [0.15, 0.2) is 0 Å². The molecular formula is C9H19N. The second-order valence-electron chi connectivity index (χ2n) is 3.63. The Labute approximate surface area is 64.4 Å². The summed E-state index contributed by atoms with van der Waals surface area (Å²) in [5.74, 6) is 0.955. The van der Waals surface area contributed by atoms with Crippen LogP contribution >= 0.6 is 0 Å². The van der Waals surface area contributed by atoms with Crippen LogP contribution in [0.1, 0.15) is 33.1 Å². The molecule has 0 bridgehead atoms. The fourth-order valence-corrected chi connectivity index (χ4v) is 1.93. The average molecular weight is 141 g/mol. The van der Waals surface area contributed by atoms with Gasteiger partial charge in [0.1, 0.15) is 0 Å². The molecule has 0 saturated carbocycles. The number of hydrogen-bond acceptors (Lipinski definition) is 1. The summed E-state index contributed by atoms with van der Waals surface area (Å²) in [4.78, 5) is 2.47. The van der Waals surface area contributed by atoms with Gasteiger partial charge < -0.3 is 4.90 Å². The van der Waals surface area contributed by atoms with Gasteiger partial charge in [-0.1, -0.05) is 26.7 Å². The van der Waals surface area contributed by atoms with Crippen LogP contribution in [0.25, 0.3) is 0 Å². The van der Waals surface area contributed by atoms with Crippen molar-refractivity contribution in [1.29, 1.82) is 0 Å². The lowest BCUT2D eigenvalue weighted by Crippen LogP contribution is -2.52. The summed E-state index contributed by atoms with van der Waals surface area (Å²) < 4.78 is 0. The van der Waals surface area contributed by atoms with E-state index in [1.54, 1.807) is 0 Å². The Morgan fingerprint density at radius 3 is 2.60 bits per heavy atom. The quantitative estimate of drug-likeness (QED) is 0.582. The lowest BCUT2D eigenvalue weighted by molar-refractivity contribution is 0.0457. The van der Waals surface area contributed by atoms with Gasteiger partial charge in [-0.3, -0.25) is 0 Å². The Balaban J connectivity index is 2.14. The van der Waals surface area contributed by atoms with E-state index in [-0.39, 0.29) is 0 Å². The van der Waals surface area contributed by atoms with Crippen LogP contribution in [0.3, 0.4) is 0 Å². The molecule has 10 heavy (non-hydrogen) atoms. The maximum atomic E-state index is 2.47. The monoisotopic (exact) mass is 141 g/mol. The molecule has 1 nitrogen and oxygen atoms in total. The molecule has 0 spiro atoms. The first-order chi connectivity index (χ1) is 4.75. The Morgan fingerprint density at radius 1 is 1.50 bits per heavy atom. The molecule has 60 valence electrons. The average Bonchev–Trinajstić information content (AvgIpc) is 1.89. The van der Waals surface area contributed by atoms with Gasteiger partial charge in [-0.05, 0) is 19.4 Å². The minimum Gasteiger partial charge on any atom is -0.303 e. The molecule has 0 aromatic rings. The zero-order chi connectivity index (χ0) is 7.56. The molecular weight excluding hydrogens is 122 g/mol. The highest BCUT2D eigenvalue weighted by atomic mass is 15.2. The van der Waals surface area contributed by atoms with Crippen LogP contribution in [0.5, 0.6) is 0 Å². The van der Waals surface area contributed by atoms with Crippen LogP contribution in [0.4, 0.5) is 0 Å². The lowest BCUT2D eigenvalue weighted by atomic mass is 9.87. The maximum absolute atomic E-state index is 2.47. The van der Waals surface area contributed by atoms with E-state index in [0.717, 1.165) is 12.0 Å². The Morgan fingerprint density at radius 2 is 2.20 bits per heavy atom. The van der Waals surface area contributed by atoms with Gasteiger partial charge in [0, 0.05) is 12.6 Å². The van der Waals surface area contributed by atoms with Crippen molar-refractivity contribution < 1.29 is 0 Å². The summed E-state index contributed by atoms with van der Waals surface area (Å²) in [5.41, 5.74) is 0. The van der Waals surface area contributed by atoms with Crippen LogP contribution in [-0.4, -0.2) is 24.5 Å². The largest absolute Gasteiger partial charge is 0.303 e. The van der Waals surface area contributed by atoms with E-state index in [4.69, 9.17) is 0 Å². The van der Waals surface area contributed by atoms with Crippen molar-refractivity contribution in [2.24, 2.45) is 5.92 Å². The van der Waals surface area contributed by atoms with Crippen LogP contribution in [0, 0.1) is 5.92 Å². The highest BCUT2D eigenvalue weighted by molar-refractivity contribution is 4.86. The summed E-state index contributed by atoms with van der Waals surface area (Å²) >= 11 is 0. The molecule has 0 aliphatic carbocycles. The van der Waals surface area contributed by atoms with Crippen molar-refractivity contribution in [1.82, 2.24) is 4.90 Å². The SMILES string of the molecule is CCCCC1C(C)CN1C. The van der Waals surface area contributed by atoms with Crippen LogP contribution in [0.2, 0.25) is 0 Å². The van der Waals surface area contributed by atoms with Gasteiger partial charge in [0.2, 0.25) is 0 Å². The maximum Gasteiger partial charge on any atom is 0.0130 e. The summed E-state index contributed by atoms with van der Waals surface area (Å²) in [6.07, 6.45) is 4.16. The van der Waals surface area contributed by atoms with E-state index in [9.17, 15) is 0 Å². The topological polar surface area (TPSA) is 3.24 Å². The van der Waals surface area contributed by atoms with E-state index in [1.807, 2.05) is 0 Å². The first kappa shape index (κ1) is 8.06. The van der Waals surface area contributed by atoms with Crippen molar-refractivity contribution in [3.8, 4) is 0 Å². The second kappa shape index (κ2) is 3.38. The van der Waals surface area contributed by atoms with E-state index in [2.05, 4.69) is 25.8 Å². The molecule has 1 heteroatoms. The highest BCUT2D eigenvalue weighted by Gasteiger charge is 2.31. The molecule has 1 heterocycles. The summed E-state index contributed by atoms with van der Waals surface area (Å²) in [6.45, 7) is 5.94. The highest BCUT2D eigenvalue weighted by Crippen LogP contribution is 2.26. The van der Waals surface area contributed by atoms with Crippen molar-refractivity contribution in [2.45, 2.75) is 39.2 Å². The molecule has 1 saturated heterocycles. The predicted octanol–water partition coefficient (Wildman–Crippen LogP) is 2.13. The van der Waals surface area contributed by atoms with Crippen molar-refractivity contribution in [2.75, 3.05) is 13.6 Å². The number of likely N-dealkylation sites (tertiary alicyclic amines) is 1. The normalized spacial score (nSPS) is 33.9. The van der Waals surface area contributed by atoms with E-state index < -0.39 is 0 Å². The second-order valence-corrected chi connectivity index (χ2v) is 3.63. The van der Waals surface area contributed by atoms with Gasteiger partial charge in [0.05, 0.1) is 0 Å². The molecule has 0 amide bonds. The van der Waals surface area contributed by atoms with Crippen LogP contribution in [-0.2, 0) is 0 Å². The Bertz CT molecular complexity index is 92.9.